The van der Waals surface area contributed by atoms with E-state index in [-0.39, 0.29) is 5.41 Å². The van der Waals surface area contributed by atoms with Crippen molar-refractivity contribution in [1.29, 1.82) is 0 Å². The minimum absolute atomic E-state index is 0.339. The van der Waals surface area contributed by atoms with E-state index in [0.717, 1.165) is 39.3 Å². The van der Waals surface area contributed by atoms with Crippen molar-refractivity contribution in [3.63, 3.8) is 0 Å². The minimum Gasteiger partial charge on any atom is -0.378 e. The fraction of sp³-hybridized carbons (Fsp3) is 0.176. The summed E-state index contributed by atoms with van der Waals surface area (Å²) in [6, 6.07) is 30.2. The quantitative estimate of drug-likeness (QED) is 0.236. The average molecular weight is 540 g/mol. The molecule has 2 nitrogen and oxygen atoms in total. The second-order valence-corrected chi connectivity index (χ2v) is 10.7. The lowest BCUT2D eigenvalue weighted by molar-refractivity contribution is 0.638. The summed E-state index contributed by atoms with van der Waals surface area (Å²) in [6.45, 7) is 2.11. The highest BCUT2D eigenvalue weighted by molar-refractivity contribution is 6.22. The number of nitrogens with one attached hydrogen (secondary N) is 1. The highest BCUT2D eigenvalue weighted by Gasteiger charge is 2.26. The van der Waals surface area contributed by atoms with Gasteiger partial charge in [0.05, 0.1) is 0 Å². The summed E-state index contributed by atoms with van der Waals surface area (Å²) in [6.07, 6.45) is 8.65. The third kappa shape index (κ3) is 5.25. The van der Waals surface area contributed by atoms with Gasteiger partial charge in [0, 0.05) is 53.9 Å². The molecule has 0 saturated heterocycles. The zero-order chi connectivity index (χ0) is 26.7. The maximum atomic E-state index is 6.33. The van der Waals surface area contributed by atoms with E-state index in [4.69, 9.17) is 23.2 Å². The maximum absolute atomic E-state index is 6.33. The van der Waals surface area contributed by atoms with Crippen LogP contribution in [0.4, 0.5) is 17.1 Å². The van der Waals surface area contributed by atoms with Crippen LogP contribution >= 0.6 is 23.2 Å². The molecule has 0 amide bonds. The maximum Gasteiger partial charge on any atom is 0.0470 e. The predicted octanol–water partition coefficient (Wildman–Crippen LogP) is 9.35. The van der Waals surface area contributed by atoms with Gasteiger partial charge >= 0.3 is 0 Å². The van der Waals surface area contributed by atoms with Crippen molar-refractivity contribution in [2.24, 2.45) is 5.41 Å². The third-order valence-electron chi connectivity index (χ3n) is 7.16. The minimum atomic E-state index is -0.339. The van der Waals surface area contributed by atoms with Crippen LogP contribution in [0.15, 0.2) is 115 Å². The Labute approximate surface area is 235 Å². The van der Waals surface area contributed by atoms with Gasteiger partial charge in [0.1, 0.15) is 0 Å². The number of nitrogens with zero attached hydrogens (tertiary/aromatic N) is 1. The molecule has 1 aliphatic rings. The second kappa shape index (κ2) is 11.1. The van der Waals surface area contributed by atoms with Crippen molar-refractivity contribution in [2.75, 3.05) is 36.1 Å². The van der Waals surface area contributed by atoms with Crippen molar-refractivity contribution >= 4 is 56.6 Å². The Morgan fingerprint density at radius 2 is 1.45 bits per heavy atom. The van der Waals surface area contributed by atoms with Crippen LogP contribution in [0.3, 0.4) is 0 Å². The van der Waals surface area contributed by atoms with Crippen LogP contribution < -0.4 is 10.2 Å². The molecule has 192 valence electrons. The van der Waals surface area contributed by atoms with E-state index in [9.17, 15) is 0 Å². The number of benzene rings is 4. The number of halogens is 2. The molecule has 4 heteroatoms. The van der Waals surface area contributed by atoms with Crippen molar-refractivity contribution < 1.29 is 0 Å². The molecular weight excluding hydrogens is 507 g/mol. The predicted molar refractivity (Wildman–Crippen MR) is 167 cm³/mol. The molecular formula is C34H32Cl2N2. The number of hydrogen-bond acceptors (Lipinski definition) is 2. The number of fused-ring (bicyclic) bond motifs is 1. The lowest BCUT2D eigenvalue weighted by Crippen LogP contribution is -2.21. The number of anilines is 3. The summed E-state index contributed by atoms with van der Waals surface area (Å²) in [4.78, 5) is 2.12. The highest BCUT2D eigenvalue weighted by Crippen LogP contribution is 2.42. The van der Waals surface area contributed by atoms with Gasteiger partial charge in [0.2, 0.25) is 0 Å². The Morgan fingerprint density at radius 3 is 2.08 bits per heavy atom. The first kappa shape index (κ1) is 26.2. The Kier molecular flexibility index (Phi) is 7.65. The molecule has 5 rings (SSSR count). The largest absolute Gasteiger partial charge is 0.378 e. The highest BCUT2D eigenvalue weighted by atomic mass is 35.5. The molecule has 0 bridgehead atoms. The van der Waals surface area contributed by atoms with Crippen molar-refractivity contribution in [3.8, 4) is 0 Å². The zero-order valence-electron chi connectivity index (χ0n) is 22.0. The fourth-order valence-corrected chi connectivity index (χ4v) is 5.46. The van der Waals surface area contributed by atoms with E-state index in [0.29, 0.717) is 11.8 Å². The summed E-state index contributed by atoms with van der Waals surface area (Å²) < 4.78 is 0. The smallest absolute Gasteiger partial charge is 0.0470 e. The Balaban J connectivity index is 1.77. The molecule has 38 heavy (non-hydrogen) atoms. The molecule has 0 aliphatic heterocycles. The van der Waals surface area contributed by atoms with Crippen molar-refractivity contribution in [3.05, 3.63) is 131 Å². The van der Waals surface area contributed by atoms with Crippen molar-refractivity contribution in [1.82, 2.24) is 0 Å². The van der Waals surface area contributed by atoms with Gasteiger partial charge in [-0.25, -0.2) is 0 Å². The van der Waals surface area contributed by atoms with E-state index in [1.807, 2.05) is 0 Å². The van der Waals surface area contributed by atoms with E-state index in [2.05, 4.69) is 140 Å². The first-order valence-corrected chi connectivity index (χ1v) is 13.9. The molecule has 1 N–H and O–H groups in total. The number of rotatable bonds is 7. The lowest BCUT2D eigenvalue weighted by Gasteiger charge is -2.26. The molecule has 0 spiro atoms. The first-order chi connectivity index (χ1) is 18.4. The Morgan fingerprint density at radius 1 is 0.789 bits per heavy atom. The van der Waals surface area contributed by atoms with E-state index < -0.39 is 0 Å². The standard InChI is InChI=1S/C34H32Cl2N2/c1-24-8-13-28(14-9-24)37-31-17-12-25-6-4-5-7-30(25)33(31)32(26-10-15-29(16-11-26)38(2)3)27-18-20-34(22-35,23-36)21-19-27/h4-21,37H,22-23H2,1-3H3. The van der Waals surface area contributed by atoms with Crippen molar-refractivity contribution in [2.45, 2.75) is 6.92 Å². The van der Waals surface area contributed by atoms with Gasteiger partial charge in [-0.3, -0.25) is 0 Å². The molecule has 1 aliphatic carbocycles. The average Bonchev–Trinajstić information content (AvgIpc) is 2.96. The van der Waals surface area contributed by atoms with Gasteiger partial charge < -0.3 is 10.2 Å². The number of hydrogen-bond donors (Lipinski definition) is 1. The van der Waals surface area contributed by atoms with E-state index in [1.54, 1.807) is 0 Å². The molecule has 0 fully saturated rings. The van der Waals surface area contributed by atoms with E-state index >= 15 is 0 Å². The molecule has 0 saturated carbocycles. The Hall–Kier alpha value is -3.46. The number of aryl methyl sites for hydroxylation is 1. The summed E-state index contributed by atoms with van der Waals surface area (Å²) in [5.74, 6) is 0.885. The summed E-state index contributed by atoms with van der Waals surface area (Å²) in [5, 5.41) is 6.10. The summed E-state index contributed by atoms with van der Waals surface area (Å²) in [7, 11) is 4.13. The molecule has 0 aromatic heterocycles. The van der Waals surface area contributed by atoms with Crippen LogP contribution in [0.5, 0.6) is 0 Å². The number of alkyl halides is 2. The zero-order valence-corrected chi connectivity index (χ0v) is 23.5. The fourth-order valence-electron chi connectivity index (χ4n) is 4.82. The number of allylic oxidation sites excluding steroid dienone is 5. The topological polar surface area (TPSA) is 15.3 Å². The van der Waals surface area contributed by atoms with Crippen LogP contribution in [-0.2, 0) is 0 Å². The SMILES string of the molecule is Cc1ccc(Nc2ccc3ccccc3c2C(=C2C=CC(CCl)(CCl)C=C2)c2ccc(N(C)C)cc2)cc1. The Bertz CT molecular complexity index is 1510. The third-order valence-corrected chi connectivity index (χ3v) is 8.15. The van der Waals surface area contributed by atoms with Crippen LogP contribution in [0.25, 0.3) is 16.3 Å². The van der Waals surface area contributed by atoms with Gasteiger partial charge in [-0.2, -0.15) is 0 Å². The van der Waals surface area contributed by atoms with Gasteiger partial charge in [-0.1, -0.05) is 84.5 Å². The molecule has 0 radical (unpaired) electrons. The lowest BCUT2D eigenvalue weighted by atomic mass is 9.82. The second-order valence-electron chi connectivity index (χ2n) is 10.1. The van der Waals surface area contributed by atoms with Crippen LogP contribution in [0.1, 0.15) is 16.7 Å². The summed E-state index contributed by atoms with van der Waals surface area (Å²) in [5.41, 5.74) is 8.75. The van der Waals surface area contributed by atoms with Gasteiger partial charge in [0.25, 0.3) is 0 Å². The monoisotopic (exact) mass is 538 g/mol. The van der Waals surface area contributed by atoms with Gasteiger partial charge in [-0.05, 0) is 64.7 Å². The van der Waals surface area contributed by atoms with Gasteiger partial charge in [-0.15, -0.1) is 23.2 Å². The van der Waals surface area contributed by atoms with Crippen LogP contribution in [0, 0.1) is 12.3 Å². The molecule has 4 aromatic rings. The molecule has 4 aromatic carbocycles. The molecule has 0 heterocycles. The normalized spacial score (nSPS) is 14.1. The molecule has 0 unspecified atom stereocenters. The molecule has 0 atom stereocenters. The first-order valence-electron chi connectivity index (χ1n) is 12.8. The van der Waals surface area contributed by atoms with Gasteiger partial charge in [0.15, 0.2) is 0 Å². The summed E-state index contributed by atoms with van der Waals surface area (Å²) >= 11 is 12.7. The van der Waals surface area contributed by atoms with E-state index in [1.165, 1.54) is 16.3 Å². The van der Waals surface area contributed by atoms with Crippen LogP contribution in [0.2, 0.25) is 0 Å². The van der Waals surface area contributed by atoms with Crippen LogP contribution in [-0.4, -0.2) is 25.9 Å².